The molecule has 0 aliphatic carbocycles. The Morgan fingerprint density at radius 2 is 2.39 bits per heavy atom. The molecule has 0 aromatic carbocycles. The van der Waals surface area contributed by atoms with Gasteiger partial charge < -0.3 is 5.32 Å². The average molecular weight is 266 g/mol. The molecule has 0 saturated carbocycles. The van der Waals surface area contributed by atoms with E-state index < -0.39 is 0 Å². The topological polar surface area (TPSA) is 15.3 Å². The fourth-order valence-electron chi connectivity index (χ4n) is 3.00. The van der Waals surface area contributed by atoms with E-state index in [1.165, 1.54) is 25.8 Å². The van der Waals surface area contributed by atoms with Crippen molar-refractivity contribution in [2.75, 3.05) is 19.6 Å². The van der Waals surface area contributed by atoms with Gasteiger partial charge in [-0.3, -0.25) is 4.90 Å². The highest BCUT2D eigenvalue weighted by atomic mass is 32.1. The van der Waals surface area contributed by atoms with Gasteiger partial charge in [0.25, 0.3) is 0 Å². The van der Waals surface area contributed by atoms with Crippen molar-refractivity contribution in [1.82, 2.24) is 10.2 Å². The van der Waals surface area contributed by atoms with E-state index in [1.54, 1.807) is 10.4 Å². The maximum absolute atomic E-state index is 3.41. The van der Waals surface area contributed by atoms with E-state index in [0.717, 1.165) is 13.1 Å². The molecule has 0 fully saturated rings. The van der Waals surface area contributed by atoms with Gasteiger partial charge in [0.15, 0.2) is 0 Å². The Balaban J connectivity index is 1.86. The van der Waals surface area contributed by atoms with Gasteiger partial charge in [-0.25, -0.2) is 0 Å². The largest absolute Gasteiger partial charge is 0.317 e. The van der Waals surface area contributed by atoms with Gasteiger partial charge in [-0.1, -0.05) is 6.92 Å². The first kappa shape index (κ1) is 14.0. The monoisotopic (exact) mass is 266 g/mol. The number of thiophene rings is 1. The highest BCUT2D eigenvalue weighted by Gasteiger charge is 2.27. The smallest absolute Gasteiger partial charge is 0.0333 e. The Bertz CT molecular complexity index is 361. The van der Waals surface area contributed by atoms with E-state index in [2.05, 4.69) is 42.4 Å². The molecule has 2 unspecified atom stereocenters. The van der Waals surface area contributed by atoms with Gasteiger partial charge in [0.1, 0.15) is 0 Å². The van der Waals surface area contributed by atoms with E-state index in [4.69, 9.17) is 0 Å². The predicted octanol–water partition coefficient (Wildman–Crippen LogP) is 3.45. The number of fused-ring (bicyclic) bond motifs is 1. The second-order valence-electron chi connectivity index (χ2n) is 5.31. The highest BCUT2D eigenvalue weighted by Crippen LogP contribution is 2.34. The molecular formula is C15H26N2S. The lowest BCUT2D eigenvalue weighted by molar-refractivity contribution is 0.137. The molecule has 0 radical (unpaired) electrons. The first-order chi connectivity index (χ1) is 8.74. The summed E-state index contributed by atoms with van der Waals surface area (Å²) >= 11 is 1.93. The minimum absolute atomic E-state index is 0.606. The molecule has 2 atom stereocenters. The fourth-order valence-corrected chi connectivity index (χ4v) is 3.96. The third-order valence-corrected chi connectivity index (χ3v) is 5.11. The van der Waals surface area contributed by atoms with Gasteiger partial charge in [-0.2, -0.15) is 0 Å². The van der Waals surface area contributed by atoms with Crippen LogP contribution in [0.1, 0.15) is 50.1 Å². The molecule has 18 heavy (non-hydrogen) atoms. The van der Waals surface area contributed by atoms with Gasteiger partial charge in [0, 0.05) is 23.5 Å². The van der Waals surface area contributed by atoms with Crippen LogP contribution >= 0.6 is 11.3 Å². The van der Waals surface area contributed by atoms with E-state index in [1.807, 2.05) is 11.3 Å². The van der Waals surface area contributed by atoms with Gasteiger partial charge in [-0.15, -0.1) is 11.3 Å². The molecule has 1 aromatic rings. The zero-order valence-electron chi connectivity index (χ0n) is 11.9. The second kappa shape index (κ2) is 6.69. The maximum Gasteiger partial charge on any atom is 0.0333 e. The average Bonchev–Trinajstić information content (AvgIpc) is 2.84. The maximum atomic E-state index is 3.41. The van der Waals surface area contributed by atoms with E-state index in [9.17, 15) is 0 Å². The van der Waals surface area contributed by atoms with Crippen molar-refractivity contribution in [3.8, 4) is 0 Å². The number of hydrogen-bond donors (Lipinski definition) is 1. The molecule has 1 aromatic heterocycles. The van der Waals surface area contributed by atoms with Crippen LogP contribution in [-0.2, 0) is 6.42 Å². The molecule has 0 spiro atoms. The Labute approximate surface area is 115 Å². The SMILES string of the molecule is CCNCCCC(C)N1CCc2sccc2C1C. The Kier molecular flexibility index (Phi) is 5.22. The van der Waals surface area contributed by atoms with Gasteiger partial charge in [0.05, 0.1) is 0 Å². The summed E-state index contributed by atoms with van der Waals surface area (Å²) in [6, 6.07) is 3.63. The molecule has 2 rings (SSSR count). The highest BCUT2D eigenvalue weighted by molar-refractivity contribution is 7.10. The zero-order valence-corrected chi connectivity index (χ0v) is 12.7. The Morgan fingerprint density at radius 3 is 3.17 bits per heavy atom. The van der Waals surface area contributed by atoms with Crippen LogP contribution in [0, 0.1) is 0 Å². The summed E-state index contributed by atoms with van der Waals surface area (Å²) in [6.45, 7) is 10.4. The molecule has 1 N–H and O–H groups in total. The minimum atomic E-state index is 0.606. The number of nitrogens with one attached hydrogen (secondary N) is 1. The minimum Gasteiger partial charge on any atom is -0.317 e. The summed E-state index contributed by atoms with van der Waals surface area (Å²) in [7, 11) is 0. The summed E-state index contributed by atoms with van der Waals surface area (Å²) in [5.74, 6) is 0. The summed E-state index contributed by atoms with van der Waals surface area (Å²) in [4.78, 5) is 4.29. The summed E-state index contributed by atoms with van der Waals surface area (Å²) < 4.78 is 0. The third-order valence-electron chi connectivity index (χ3n) is 4.12. The van der Waals surface area contributed by atoms with Crippen LogP contribution in [-0.4, -0.2) is 30.6 Å². The lowest BCUT2D eigenvalue weighted by atomic mass is 9.98. The van der Waals surface area contributed by atoms with Gasteiger partial charge in [0.2, 0.25) is 0 Å². The zero-order chi connectivity index (χ0) is 13.0. The van der Waals surface area contributed by atoms with Crippen molar-refractivity contribution in [1.29, 1.82) is 0 Å². The quantitative estimate of drug-likeness (QED) is 0.793. The molecule has 2 heterocycles. The van der Waals surface area contributed by atoms with Crippen molar-refractivity contribution >= 4 is 11.3 Å². The van der Waals surface area contributed by atoms with Crippen LogP contribution in [0.5, 0.6) is 0 Å². The molecule has 102 valence electrons. The van der Waals surface area contributed by atoms with Crippen LogP contribution in [0.2, 0.25) is 0 Å². The van der Waals surface area contributed by atoms with Crippen LogP contribution in [0.4, 0.5) is 0 Å². The van der Waals surface area contributed by atoms with E-state index >= 15 is 0 Å². The summed E-state index contributed by atoms with van der Waals surface area (Å²) in [5.41, 5.74) is 1.57. The van der Waals surface area contributed by atoms with E-state index in [0.29, 0.717) is 12.1 Å². The predicted molar refractivity (Wildman–Crippen MR) is 80.4 cm³/mol. The number of hydrogen-bond acceptors (Lipinski definition) is 3. The lowest BCUT2D eigenvalue weighted by Gasteiger charge is -2.38. The first-order valence-corrected chi connectivity index (χ1v) is 8.14. The standard InChI is InChI=1S/C15H26N2S/c1-4-16-9-5-6-12(2)17-10-7-15-14(13(17)3)8-11-18-15/h8,11-13,16H,4-7,9-10H2,1-3H3. The third kappa shape index (κ3) is 3.14. The Hall–Kier alpha value is -0.380. The van der Waals surface area contributed by atoms with E-state index in [-0.39, 0.29) is 0 Å². The van der Waals surface area contributed by atoms with Crippen LogP contribution in [0.25, 0.3) is 0 Å². The van der Waals surface area contributed by atoms with Crippen LogP contribution < -0.4 is 5.32 Å². The second-order valence-corrected chi connectivity index (χ2v) is 6.31. The van der Waals surface area contributed by atoms with Crippen molar-refractivity contribution < 1.29 is 0 Å². The number of nitrogens with zero attached hydrogens (tertiary/aromatic N) is 1. The summed E-state index contributed by atoms with van der Waals surface area (Å²) in [6.07, 6.45) is 3.83. The molecule has 3 heteroatoms. The summed E-state index contributed by atoms with van der Waals surface area (Å²) in [5, 5.41) is 5.66. The molecular weight excluding hydrogens is 240 g/mol. The van der Waals surface area contributed by atoms with Crippen LogP contribution in [0.3, 0.4) is 0 Å². The van der Waals surface area contributed by atoms with Crippen molar-refractivity contribution in [3.63, 3.8) is 0 Å². The van der Waals surface area contributed by atoms with Crippen molar-refractivity contribution in [2.45, 2.75) is 52.1 Å². The van der Waals surface area contributed by atoms with Crippen molar-refractivity contribution in [2.24, 2.45) is 0 Å². The molecule has 0 saturated heterocycles. The first-order valence-electron chi connectivity index (χ1n) is 7.26. The normalized spacial score (nSPS) is 21.8. The molecule has 1 aliphatic rings. The number of rotatable bonds is 6. The molecule has 2 nitrogen and oxygen atoms in total. The van der Waals surface area contributed by atoms with Crippen molar-refractivity contribution in [3.05, 3.63) is 21.9 Å². The fraction of sp³-hybridized carbons (Fsp3) is 0.733. The van der Waals surface area contributed by atoms with Crippen LogP contribution in [0.15, 0.2) is 11.4 Å². The molecule has 0 bridgehead atoms. The van der Waals surface area contributed by atoms with Gasteiger partial charge >= 0.3 is 0 Å². The molecule has 0 amide bonds. The Morgan fingerprint density at radius 1 is 1.56 bits per heavy atom. The van der Waals surface area contributed by atoms with Gasteiger partial charge in [-0.05, 0) is 63.2 Å². The lowest BCUT2D eigenvalue weighted by Crippen LogP contribution is -2.40. The molecule has 1 aliphatic heterocycles.